The second-order valence-corrected chi connectivity index (χ2v) is 5.41. The summed E-state index contributed by atoms with van der Waals surface area (Å²) in [4.78, 5) is 0. The fourth-order valence-electron chi connectivity index (χ4n) is 1.97. The van der Waals surface area contributed by atoms with Gasteiger partial charge in [0.1, 0.15) is 12.4 Å². The number of hydrogen-bond donors (Lipinski definition) is 1. The highest BCUT2D eigenvalue weighted by Crippen LogP contribution is 2.22. The van der Waals surface area contributed by atoms with Crippen molar-refractivity contribution in [3.8, 4) is 5.75 Å². The quantitative estimate of drug-likeness (QED) is 0.902. The number of benzene rings is 2. The first kappa shape index (κ1) is 15.7. The standard InChI is InChI=1S/C16H16ClF2NO/c1-10(20)6-11-2-5-16(15(19)7-11)21-9-12-8-13(17)3-4-14(12)18/h2-5,7-8,10H,6,9,20H2,1H3. The van der Waals surface area contributed by atoms with Crippen molar-refractivity contribution in [2.24, 2.45) is 5.73 Å². The lowest BCUT2D eigenvalue weighted by Gasteiger charge is -2.10. The molecule has 2 rings (SSSR count). The van der Waals surface area contributed by atoms with Gasteiger partial charge >= 0.3 is 0 Å². The molecule has 21 heavy (non-hydrogen) atoms. The van der Waals surface area contributed by atoms with E-state index < -0.39 is 11.6 Å². The van der Waals surface area contributed by atoms with Crippen LogP contribution in [0.1, 0.15) is 18.1 Å². The van der Waals surface area contributed by atoms with E-state index in [0.717, 1.165) is 5.56 Å². The van der Waals surface area contributed by atoms with E-state index in [4.69, 9.17) is 22.1 Å². The largest absolute Gasteiger partial charge is 0.486 e. The van der Waals surface area contributed by atoms with Gasteiger partial charge < -0.3 is 10.5 Å². The summed E-state index contributed by atoms with van der Waals surface area (Å²) in [7, 11) is 0. The Morgan fingerprint density at radius 3 is 2.57 bits per heavy atom. The first-order valence-electron chi connectivity index (χ1n) is 6.56. The van der Waals surface area contributed by atoms with Gasteiger partial charge in [-0.2, -0.15) is 0 Å². The van der Waals surface area contributed by atoms with Gasteiger partial charge in [-0.15, -0.1) is 0 Å². The van der Waals surface area contributed by atoms with Gasteiger partial charge in [0.25, 0.3) is 0 Å². The van der Waals surface area contributed by atoms with Gasteiger partial charge in [-0.1, -0.05) is 17.7 Å². The molecule has 0 aliphatic rings. The molecule has 0 fully saturated rings. The maximum absolute atomic E-state index is 13.9. The van der Waals surface area contributed by atoms with Crippen molar-refractivity contribution in [3.63, 3.8) is 0 Å². The summed E-state index contributed by atoms with van der Waals surface area (Å²) in [6.45, 7) is 1.76. The normalized spacial score (nSPS) is 12.2. The molecular formula is C16H16ClF2NO. The van der Waals surface area contributed by atoms with Crippen molar-refractivity contribution in [2.45, 2.75) is 26.0 Å². The molecule has 0 aromatic heterocycles. The zero-order valence-electron chi connectivity index (χ0n) is 11.6. The van der Waals surface area contributed by atoms with Gasteiger partial charge in [0.2, 0.25) is 0 Å². The van der Waals surface area contributed by atoms with E-state index >= 15 is 0 Å². The van der Waals surface area contributed by atoms with Crippen molar-refractivity contribution >= 4 is 11.6 Å². The average molecular weight is 312 g/mol. The third kappa shape index (κ3) is 4.41. The third-order valence-corrected chi connectivity index (χ3v) is 3.18. The minimum atomic E-state index is -0.490. The van der Waals surface area contributed by atoms with Crippen LogP contribution in [0.2, 0.25) is 5.02 Å². The Hall–Kier alpha value is -1.65. The van der Waals surface area contributed by atoms with E-state index in [0.29, 0.717) is 11.4 Å². The second-order valence-electron chi connectivity index (χ2n) is 4.97. The highest BCUT2D eigenvalue weighted by atomic mass is 35.5. The van der Waals surface area contributed by atoms with Crippen molar-refractivity contribution in [3.05, 3.63) is 64.2 Å². The van der Waals surface area contributed by atoms with Crippen LogP contribution in [0.4, 0.5) is 8.78 Å². The average Bonchev–Trinajstić information content (AvgIpc) is 2.41. The van der Waals surface area contributed by atoms with E-state index in [1.807, 2.05) is 6.92 Å². The number of ether oxygens (including phenoxy) is 1. The number of rotatable bonds is 5. The summed E-state index contributed by atoms with van der Waals surface area (Å²) >= 11 is 5.79. The minimum absolute atomic E-state index is 0.0447. The van der Waals surface area contributed by atoms with Crippen LogP contribution >= 0.6 is 11.6 Å². The lowest BCUT2D eigenvalue weighted by Crippen LogP contribution is -2.17. The lowest BCUT2D eigenvalue weighted by atomic mass is 10.1. The Labute approximate surface area is 127 Å². The molecule has 2 nitrogen and oxygen atoms in total. The molecule has 112 valence electrons. The first-order chi connectivity index (χ1) is 9.95. The van der Waals surface area contributed by atoms with Crippen LogP contribution in [-0.4, -0.2) is 6.04 Å². The minimum Gasteiger partial charge on any atom is -0.486 e. The molecule has 5 heteroatoms. The summed E-state index contributed by atoms with van der Waals surface area (Å²) in [6.07, 6.45) is 0.583. The van der Waals surface area contributed by atoms with Gasteiger partial charge in [-0.3, -0.25) is 0 Å². The highest BCUT2D eigenvalue weighted by molar-refractivity contribution is 6.30. The SMILES string of the molecule is CC(N)Cc1ccc(OCc2cc(Cl)ccc2F)c(F)c1. The molecule has 1 atom stereocenters. The van der Waals surface area contributed by atoms with Crippen LogP contribution in [0, 0.1) is 11.6 Å². The van der Waals surface area contributed by atoms with Crippen LogP contribution in [0.3, 0.4) is 0 Å². The molecule has 2 aromatic rings. The Morgan fingerprint density at radius 2 is 1.90 bits per heavy atom. The van der Waals surface area contributed by atoms with Crippen LogP contribution in [0.15, 0.2) is 36.4 Å². The molecular weight excluding hydrogens is 296 g/mol. The maximum atomic E-state index is 13.9. The summed E-state index contributed by atoms with van der Waals surface area (Å²) in [5, 5.41) is 0.405. The summed E-state index contributed by atoms with van der Waals surface area (Å²) < 4.78 is 32.7. The van der Waals surface area contributed by atoms with Crippen molar-refractivity contribution < 1.29 is 13.5 Å². The molecule has 0 bridgehead atoms. The molecule has 0 heterocycles. The lowest BCUT2D eigenvalue weighted by molar-refractivity contribution is 0.284. The zero-order chi connectivity index (χ0) is 15.4. The molecule has 0 aliphatic heterocycles. The smallest absolute Gasteiger partial charge is 0.165 e. The van der Waals surface area contributed by atoms with Gasteiger partial charge in [0.15, 0.2) is 11.6 Å². The molecule has 1 unspecified atom stereocenters. The van der Waals surface area contributed by atoms with Crippen LogP contribution < -0.4 is 10.5 Å². The Balaban J connectivity index is 2.08. The molecule has 0 saturated heterocycles. The summed E-state index contributed by atoms with van der Waals surface area (Å²) in [6, 6.07) is 8.77. The second kappa shape index (κ2) is 6.87. The molecule has 0 amide bonds. The summed E-state index contributed by atoms with van der Waals surface area (Å²) in [5.74, 6) is -0.855. The Morgan fingerprint density at radius 1 is 1.14 bits per heavy atom. The number of halogens is 3. The molecule has 0 spiro atoms. The van der Waals surface area contributed by atoms with E-state index in [2.05, 4.69) is 0 Å². The van der Waals surface area contributed by atoms with E-state index in [1.165, 1.54) is 30.3 Å². The number of hydrogen-bond acceptors (Lipinski definition) is 2. The monoisotopic (exact) mass is 311 g/mol. The van der Waals surface area contributed by atoms with Crippen molar-refractivity contribution in [2.75, 3.05) is 0 Å². The Kier molecular flexibility index (Phi) is 5.15. The predicted octanol–water partition coefficient (Wildman–Crippen LogP) is 4.09. The van der Waals surface area contributed by atoms with E-state index in [1.54, 1.807) is 6.07 Å². The fourth-order valence-corrected chi connectivity index (χ4v) is 2.16. The summed E-state index contributed by atoms with van der Waals surface area (Å²) in [5.41, 5.74) is 6.74. The molecule has 0 radical (unpaired) electrons. The van der Waals surface area contributed by atoms with Gasteiger partial charge in [0, 0.05) is 16.6 Å². The zero-order valence-corrected chi connectivity index (χ0v) is 12.3. The molecule has 2 aromatic carbocycles. The molecule has 2 N–H and O–H groups in total. The Bertz CT molecular complexity index is 632. The van der Waals surface area contributed by atoms with Crippen molar-refractivity contribution in [1.29, 1.82) is 0 Å². The van der Waals surface area contributed by atoms with Gasteiger partial charge in [-0.05, 0) is 49.2 Å². The van der Waals surface area contributed by atoms with Crippen molar-refractivity contribution in [1.82, 2.24) is 0 Å². The first-order valence-corrected chi connectivity index (χ1v) is 6.94. The van der Waals surface area contributed by atoms with Gasteiger partial charge in [0.05, 0.1) is 0 Å². The van der Waals surface area contributed by atoms with Crippen LogP contribution in [0.25, 0.3) is 0 Å². The van der Waals surface area contributed by atoms with E-state index in [9.17, 15) is 8.78 Å². The topological polar surface area (TPSA) is 35.2 Å². The van der Waals surface area contributed by atoms with E-state index in [-0.39, 0.29) is 24.0 Å². The highest BCUT2D eigenvalue weighted by Gasteiger charge is 2.09. The number of nitrogens with two attached hydrogens (primary N) is 1. The van der Waals surface area contributed by atoms with Crippen LogP contribution in [0.5, 0.6) is 5.75 Å². The predicted molar refractivity (Wildman–Crippen MR) is 79.5 cm³/mol. The van der Waals surface area contributed by atoms with Gasteiger partial charge in [-0.25, -0.2) is 8.78 Å². The fraction of sp³-hybridized carbons (Fsp3) is 0.250. The molecule has 0 aliphatic carbocycles. The van der Waals surface area contributed by atoms with Crippen LogP contribution in [-0.2, 0) is 13.0 Å². The third-order valence-electron chi connectivity index (χ3n) is 2.94. The maximum Gasteiger partial charge on any atom is 0.165 e. The molecule has 0 saturated carbocycles.